The van der Waals surface area contributed by atoms with E-state index in [2.05, 4.69) is 105 Å². The van der Waals surface area contributed by atoms with Gasteiger partial charge in [-0.05, 0) is 73.7 Å². The molecule has 0 aliphatic heterocycles. The van der Waals surface area contributed by atoms with Crippen molar-refractivity contribution in [1.29, 1.82) is 10.5 Å². The minimum Gasteiger partial charge on any atom is -0.305 e. The first-order chi connectivity index (χ1) is 16.3. The van der Waals surface area contributed by atoms with Gasteiger partial charge in [0.1, 0.15) is 0 Å². The summed E-state index contributed by atoms with van der Waals surface area (Å²) in [4.78, 5) is 0. The maximum Gasteiger partial charge on any atom is 0.0991 e. The molecule has 0 fully saturated rings. The molecule has 1 N–H and O–H groups in total. The molecule has 0 saturated heterocycles. The summed E-state index contributed by atoms with van der Waals surface area (Å²) in [6.45, 7) is 6.14. The third-order valence-electron chi connectivity index (χ3n) is 6.32. The second-order valence-corrected chi connectivity index (χ2v) is 10.9. The van der Waals surface area contributed by atoms with Crippen LogP contribution in [0.1, 0.15) is 60.5 Å². The number of hydrogen-bond acceptors (Lipinski definition) is 3. The van der Waals surface area contributed by atoms with E-state index >= 15 is 0 Å². The largest absolute Gasteiger partial charge is 0.305 e. The van der Waals surface area contributed by atoms with Gasteiger partial charge in [-0.25, -0.2) is 0 Å². The number of nitrogens with zero attached hydrogens (tertiary/aromatic N) is 2. The molecule has 0 amide bonds. The monoisotopic (exact) mass is 625 g/mol. The summed E-state index contributed by atoms with van der Waals surface area (Å²) in [5.74, 6) is 0.131. The summed E-state index contributed by atoms with van der Waals surface area (Å²) in [6.07, 6.45) is 0.838. The lowest BCUT2D eigenvalue weighted by Gasteiger charge is -2.35. The van der Waals surface area contributed by atoms with Crippen LogP contribution in [0.2, 0.25) is 0 Å². The SMILES string of the molecule is C[C@H](NC(c1ccc(Br)cc1)C(C)(C)C#N)[C@@H](Cc1ccc(CI)cc1)c1cccc(C#N)c1. The molecule has 0 aliphatic carbocycles. The van der Waals surface area contributed by atoms with Crippen molar-refractivity contribution < 1.29 is 0 Å². The minimum absolute atomic E-state index is 0.0551. The highest BCUT2D eigenvalue weighted by Gasteiger charge is 2.34. The van der Waals surface area contributed by atoms with E-state index in [4.69, 9.17) is 0 Å². The van der Waals surface area contributed by atoms with Crippen molar-refractivity contribution in [2.24, 2.45) is 5.41 Å². The van der Waals surface area contributed by atoms with Gasteiger partial charge in [0.15, 0.2) is 0 Å². The van der Waals surface area contributed by atoms with Crippen molar-refractivity contribution >= 4 is 38.5 Å². The zero-order valence-corrected chi connectivity index (χ0v) is 23.5. The van der Waals surface area contributed by atoms with Crippen LogP contribution in [0.15, 0.2) is 77.3 Å². The Morgan fingerprint density at radius 1 is 0.941 bits per heavy atom. The number of alkyl halides is 1. The number of nitriles is 2. The molecule has 0 aromatic heterocycles. The predicted molar refractivity (Wildman–Crippen MR) is 151 cm³/mol. The Morgan fingerprint density at radius 2 is 1.59 bits per heavy atom. The molecule has 0 aliphatic rings. The molecule has 0 radical (unpaired) electrons. The first-order valence-electron chi connectivity index (χ1n) is 11.3. The maximum atomic E-state index is 9.97. The summed E-state index contributed by atoms with van der Waals surface area (Å²) in [6, 6.07) is 29.5. The van der Waals surface area contributed by atoms with Gasteiger partial charge in [-0.2, -0.15) is 10.5 Å². The average molecular weight is 626 g/mol. The fraction of sp³-hybridized carbons (Fsp3) is 0.310. The van der Waals surface area contributed by atoms with Crippen LogP contribution in [0.4, 0.5) is 0 Å². The third-order valence-corrected chi connectivity index (χ3v) is 7.73. The number of rotatable bonds is 9. The van der Waals surface area contributed by atoms with E-state index in [1.807, 2.05) is 44.2 Å². The molecule has 174 valence electrons. The van der Waals surface area contributed by atoms with E-state index in [0.29, 0.717) is 5.56 Å². The van der Waals surface area contributed by atoms with Crippen LogP contribution in [-0.2, 0) is 10.8 Å². The normalized spacial score (nSPS) is 14.0. The first kappa shape index (κ1) is 26.4. The van der Waals surface area contributed by atoms with Crippen molar-refractivity contribution in [3.05, 3.63) is 105 Å². The lowest BCUT2D eigenvalue weighted by atomic mass is 9.79. The molecule has 34 heavy (non-hydrogen) atoms. The summed E-state index contributed by atoms with van der Waals surface area (Å²) in [7, 11) is 0. The van der Waals surface area contributed by atoms with Crippen LogP contribution in [0.25, 0.3) is 0 Å². The average Bonchev–Trinajstić information content (AvgIpc) is 2.86. The van der Waals surface area contributed by atoms with E-state index in [-0.39, 0.29) is 18.0 Å². The molecule has 3 aromatic carbocycles. The Morgan fingerprint density at radius 3 is 2.18 bits per heavy atom. The van der Waals surface area contributed by atoms with Crippen molar-refractivity contribution in [2.45, 2.75) is 49.6 Å². The molecule has 1 unspecified atom stereocenters. The van der Waals surface area contributed by atoms with E-state index in [1.54, 1.807) is 0 Å². The van der Waals surface area contributed by atoms with Crippen molar-refractivity contribution in [1.82, 2.24) is 5.32 Å². The second-order valence-electron chi connectivity index (χ2n) is 9.27. The smallest absolute Gasteiger partial charge is 0.0991 e. The van der Waals surface area contributed by atoms with E-state index in [0.717, 1.165) is 26.4 Å². The summed E-state index contributed by atoms with van der Waals surface area (Å²) in [5.41, 5.74) is 4.83. The van der Waals surface area contributed by atoms with E-state index in [9.17, 15) is 10.5 Å². The van der Waals surface area contributed by atoms with Crippen LogP contribution in [0.3, 0.4) is 0 Å². The summed E-state index contributed by atoms with van der Waals surface area (Å²) < 4.78 is 2.00. The molecule has 0 heterocycles. The van der Waals surface area contributed by atoms with Crippen molar-refractivity contribution in [3.8, 4) is 12.1 Å². The molecule has 0 spiro atoms. The van der Waals surface area contributed by atoms with Crippen LogP contribution < -0.4 is 5.32 Å². The zero-order chi connectivity index (χ0) is 24.7. The topological polar surface area (TPSA) is 59.6 Å². The van der Waals surface area contributed by atoms with Gasteiger partial charge in [-0.1, -0.05) is 87.1 Å². The number of benzene rings is 3. The zero-order valence-electron chi connectivity index (χ0n) is 19.7. The van der Waals surface area contributed by atoms with Gasteiger partial charge in [0.25, 0.3) is 0 Å². The fourth-order valence-corrected chi connectivity index (χ4v) is 5.03. The number of nitrogens with one attached hydrogen (secondary N) is 1. The van der Waals surface area contributed by atoms with Gasteiger partial charge in [0.2, 0.25) is 0 Å². The Bertz CT molecular complexity index is 1170. The van der Waals surface area contributed by atoms with Gasteiger partial charge in [0, 0.05) is 20.9 Å². The van der Waals surface area contributed by atoms with Crippen LogP contribution in [0, 0.1) is 28.1 Å². The Hall–Kier alpha value is -2.19. The maximum absolute atomic E-state index is 9.97. The van der Waals surface area contributed by atoms with Crippen molar-refractivity contribution in [2.75, 3.05) is 0 Å². The highest BCUT2D eigenvalue weighted by molar-refractivity contribution is 14.1. The Kier molecular flexibility index (Phi) is 9.31. The standard InChI is InChI=1S/C29H29BrIN3/c1-20(34-28(29(2,3)19-33)24-11-13-26(30)14-12-24)27(25-6-4-5-23(15-25)18-32)16-21-7-9-22(17-31)10-8-21/h4-15,20,27-28,34H,16-17H2,1-3H3/t20-,27+,28?/m0/s1. The van der Waals surface area contributed by atoms with E-state index in [1.165, 1.54) is 11.1 Å². The second kappa shape index (κ2) is 12.0. The van der Waals surface area contributed by atoms with Crippen LogP contribution in [-0.4, -0.2) is 6.04 Å². The highest BCUT2D eigenvalue weighted by atomic mass is 127. The summed E-state index contributed by atoms with van der Waals surface area (Å²) >= 11 is 5.90. The summed E-state index contributed by atoms with van der Waals surface area (Å²) in [5, 5.41) is 23.2. The Labute approximate surface area is 225 Å². The van der Waals surface area contributed by atoms with Gasteiger partial charge in [-0.15, -0.1) is 0 Å². The minimum atomic E-state index is -0.608. The lowest BCUT2D eigenvalue weighted by molar-refractivity contribution is 0.281. The van der Waals surface area contributed by atoms with Gasteiger partial charge >= 0.3 is 0 Å². The molecule has 3 rings (SSSR count). The number of halogens is 2. The number of hydrogen-bond donors (Lipinski definition) is 1. The molecule has 3 aromatic rings. The fourth-order valence-electron chi connectivity index (χ4n) is 4.26. The molecule has 0 saturated carbocycles. The Balaban J connectivity index is 1.98. The molecule has 5 heteroatoms. The van der Waals surface area contributed by atoms with Crippen LogP contribution >= 0.6 is 38.5 Å². The van der Waals surface area contributed by atoms with E-state index < -0.39 is 5.41 Å². The molecular formula is C29H29BrIN3. The predicted octanol–water partition coefficient (Wildman–Crippen LogP) is 7.85. The molecule has 0 bridgehead atoms. The quantitative estimate of drug-likeness (QED) is 0.195. The first-order valence-corrected chi connectivity index (χ1v) is 13.7. The highest BCUT2D eigenvalue weighted by Crippen LogP contribution is 2.36. The van der Waals surface area contributed by atoms with Crippen molar-refractivity contribution in [3.63, 3.8) is 0 Å². The van der Waals surface area contributed by atoms with Gasteiger partial charge < -0.3 is 5.32 Å². The lowest BCUT2D eigenvalue weighted by Crippen LogP contribution is -2.42. The van der Waals surface area contributed by atoms with Gasteiger partial charge in [-0.3, -0.25) is 0 Å². The third kappa shape index (κ3) is 6.69. The molecule has 3 nitrogen and oxygen atoms in total. The molecule has 3 atom stereocenters. The van der Waals surface area contributed by atoms with Crippen LogP contribution in [0.5, 0.6) is 0 Å². The molecular weight excluding hydrogens is 597 g/mol. The van der Waals surface area contributed by atoms with Gasteiger partial charge in [0.05, 0.1) is 29.2 Å².